The van der Waals surface area contributed by atoms with Crippen molar-refractivity contribution in [2.75, 3.05) is 6.54 Å². The first-order valence-corrected chi connectivity index (χ1v) is 6.44. The van der Waals surface area contributed by atoms with Crippen LogP contribution in [0, 0.1) is 11.7 Å². The Morgan fingerprint density at radius 1 is 1.11 bits per heavy atom. The quantitative estimate of drug-likeness (QED) is 0.761. The van der Waals surface area contributed by atoms with Crippen LogP contribution in [0.5, 0.6) is 0 Å². The lowest BCUT2D eigenvalue weighted by atomic mass is 10.0. The van der Waals surface area contributed by atoms with E-state index in [4.69, 9.17) is 0 Å². The molecule has 0 bridgehead atoms. The molecule has 0 heterocycles. The summed E-state index contributed by atoms with van der Waals surface area (Å²) in [7, 11) is 0. The topological polar surface area (TPSA) is 12.0 Å². The SMILES string of the molecule is CCC(CC)CNCc1cc(F)cc(C(F)(F)F)c1. The summed E-state index contributed by atoms with van der Waals surface area (Å²) >= 11 is 0. The molecule has 5 heteroatoms. The Morgan fingerprint density at radius 2 is 1.74 bits per heavy atom. The zero-order valence-electron chi connectivity index (χ0n) is 11.1. The zero-order chi connectivity index (χ0) is 14.5. The molecule has 0 atom stereocenters. The number of alkyl halides is 3. The first-order chi connectivity index (χ1) is 8.86. The van der Waals surface area contributed by atoms with E-state index in [2.05, 4.69) is 19.2 Å². The van der Waals surface area contributed by atoms with E-state index in [0.717, 1.165) is 31.5 Å². The molecule has 1 aromatic rings. The van der Waals surface area contributed by atoms with Crippen molar-refractivity contribution in [1.82, 2.24) is 5.32 Å². The highest BCUT2D eigenvalue weighted by atomic mass is 19.4. The number of benzene rings is 1. The minimum absolute atomic E-state index is 0.247. The summed E-state index contributed by atoms with van der Waals surface area (Å²) in [5, 5.41) is 3.08. The van der Waals surface area contributed by atoms with Gasteiger partial charge in [-0.25, -0.2) is 4.39 Å². The van der Waals surface area contributed by atoms with Crippen LogP contribution in [0.15, 0.2) is 18.2 Å². The van der Waals surface area contributed by atoms with E-state index in [0.29, 0.717) is 17.5 Å². The highest BCUT2D eigenvalue weighted by molar-refractivity contribution is 5.26. The van der Waals surface area contributed by atoms with E-state index in [-0.39, 0.29) is 6.54 Å². The van der Waals surface area contributed by atoms with Gasteiger partial charge in [-0.15, -0.1) is 0 Å². The summed E-state index contributed by atoms with van der Waals surface area (Å²) < 4.78 is 50.7. The Morgan fingerprint density at radius 3 is 2.26 bits per heavy atom. The van der Waals surface area contributed by atoms with E-state index in [9.17, 15) is 17.6 Å². The number of halogens is 4. The fourth-order valence-electron chi connectivity index (χ4n) is 1.91. The lowest BCUT2D eigenvalue weighted by Crippen LogP contribution is -2.22. The molecule has 108 valence electrons. The number of rotatable bonds is 6. The smallest absolute Gasteiger partial charge is 0.312 e. The molecule has 0 aliphatic carbocycles. The molecule has 19 heavy (non-hydrogen) atoms. The van der Waals surface area contributed by atoms with Gasteiger partial charge in [-0.3, -0.25) is 0 Å². The van der Waals surface area contributed by atoms with Crippen LogP contribution >= 0.6 is 0 Å². The van der Waals surface area contributed by atoms with Gasteiger partial charge >= 0.3 is 6.18 Å². The predicted octanol–water partition coefficient (Wildman–Crippen LogP) is 4.37. The molecule has 0 amide bonds. The second-order valence-corrected chi connectivity index (χ2v) is 4.66. The van der Waals surface area contributed by atoms with Gasteiger partial charge in [0.1, 0.15) is 5.82 Å². The lowest BCUT2D eigenvalue weighted by molar-refractivity contribution is -0.137. The van der Waals surface area contributed by atoms with Gasteiger partial charge < -0.3 is 5.32 Å². The van der Waals surface area contributed by atoms with E-state index < -0.39 is 17.6 Å². The lowest BCUT2D eigenvalue weighted by Gasteiger charge is -2.14. The Kier molecular flexibility index (Phi) is 5.79. The van der Waals surface area contributed by atoms with Crippen molar-refractivity contribution in [3.8, 4) is 0 Å². The van der Waals surface area contributed by atoms with Crippen molar-refractivity contribution in [1.29, 1.82) is 0 Å². The molecule has 0 fully saturated rings. The minimum Gasteiger partial charge on any atom is -0.312 e. The molecule has 0 spiro atoms. The standard InChI is InChI=1S/C14H19F4N/c1-3-10(4-2)8-19-9-11-5-12(14(16,17)18)7-13(15)6-11/h5-7,10,19H,3-4,8-9H2,1-2H3. The van der Waals surface area contributed by atoms with Crippen LogP contribution in [0.1, 0.15) is 37.8 Å². The number of hydrogen-bond donors (Lipinski definition) is 1. The Bertz CT molecular complexity index is 397. The van der Waals surface area contributed by atoms with Gasteiger partial charge in [0.25, 0.3) is 0 Å². The van der Waals surface area contributed by atoms with Gasteiger partial charge in [0.05, 0.1) is 5.56 Å². The third kappa shape index (κ3) is 5.19. The molecule has 0 radical (unpaired) electrons. The second kappa shape index (κ2) is 6.89. The maximum atomic E-state index is 13.1. The fourth-order valence-corrected chi connectivity index (χ4v) is 1.91. The average Bonchev–Trinajstić information content (AvgIpc) is 2.33. The van der Waals surface area contributed by atoms with Gasteiger partial charge in [-0.05, 0) is 36.2 Å². The molecular formula is C14H19F4N. The van der Waals surface area contributed by atoms with E-state index >= 15 is 0 Å². The van der Waals surface area contributed by atoms with Crippen molar-refractivity contribution in [2.45, 2.75) is 39.4 Å². The first-order valence-electron chi connectivity index (χ1n) is 6.44. The summed E-state index contributed by atoms with van der Waals surface area (Å²) in [6, 6.07) is 2.64. The molecule has 0 saturated carbocycles. The van der Waals surface area contributed by atoms with Gasteiger partial charge in [-0.2, -0.15) is 13.2 Å². The molecule has 1 nitrogen and oxygen atoms in total. The Hall–Kier alpha value is -1.10. The van der Waals surface area contributed by atoms with Gasteiger partial charge in [0.2, 0.25) is 0 Å². The molecule has 1 rings (SSSR count). The van der Waals surface area contributed by atoms with Crippen molar-refractivity contribution in [3.63, 3.8) is 0 Å². The molecule has 0 aliphatic rings. The molecule has 1 N–H and O–H groups in total. The molecular weight excluding hydrogens is 258 g/mol. The summed E-state index contributed by atoms with van der Waals surface area (Å²) in [5.74, 6) is -0.357. The third-order valence-electron chi connectivity index (χ3n) is 3.20. The van der Waals surface area contributed by atoms with Gasteiger partial charge in [0.15, 0.2) is 0 Å². The van der Waals surface area contributed by atoms with Crippen LogP contribution in [0.25, 0.3) is 0 Å². The largest absolute Gasteiger partial charge is 0.416 e. The van der Waals surface area contributed by atoms with Crippen molar-refractivity contribution < 1.29 is 17.6 Å². The summed E-state index contributed by atoms with van der Waals surface area (Å²) in [6.45, 7) is 5.11. The van der Waals surface area contributed by atoms with Crippen LogP contribution in [-0.2, 0) is 12.7 Å². The molecule has 0 aliphatic heterocycles. The predicted molar refractivity (Wildman–Crippen MR) is 67.2 cm³/mol. The van der Waals surface area contributed by atoms with Crippen LogP contribution in [0.4, 0.5) is 17.6 Å². The van der Waals surface area contributed by atoms with Crippen molar-refractivity contribution >= 4 is 0 Å². The maximum Gasteiger partial charge on any atom is 0.416 e. The average molecular weight is 277 g/mol. The number of nitrogens with one attached hydrogen (secondary N) is 1. The highest BCUT2D eigenvalue weighted by Gasteiger charge is 2.31. The number of hydrogen-bond acceptors (Lipinski definition) is 1. The van der Waals surface area contributed by atoms with Crippen LogP contribution in [0.2, 0.25) is 0 Å². The molecule has 1 aromatic carbocycles. The van der Waals surface area contributed by atoms with E-state index in [1.165, 1.54) is 0 Å². The van der Waals surface area contributed by atoms with Gasteiger partial charge in [0, 0.05) is 6.54 Å². The van der Waals surface area contributed by atoms with Crippen LogP contribution in [-0.4, -0.2) is 6.54 Å². The monoisotopic (exact) mass is 277 g/mol. The minimum atomic E-state index is -4.51. The van der Waals surface area contributed by atoms with Crippen molar-refractivity contribution in [3.05, 3.63) is 35.1 Å². The van der Waals surface area contributed by atoms with E-state index in [1.54, 1.807) is 0 Å². The Balaban J connectivity index is 2.66. The van der Waals surface area contributed by atoms with Crippen LogP contribution < -0.4 is 5.32 Å². The summed E-state index contributed by atoms with van der Waals surface area (Å²) in [4.78, 5) is 0. The normalized spacial score (nSPS) is 12.2. The van der Waals surface area contributed by atoms with Crippen molar-refractivity contribution in [2.24, 2.45) is 5.92 Å². The van der Waals surface area contributed by atoms with Gasteiger partial charge in [-0.1, -0.05) is 26.7 Å². The zero-order valence-corrected chi connectivity index (χ0v) is 11.1. The molecule has 0 aromatic heterocycles. The molecule has 0 saturated heterocycles. The van der Waals surface area contributed by atoms with E-state index in [1.807, 2.05) is 0 Å². The Labute approximate surface area is 111 Å². The summed E-state index contributed by atoms with van der Waals surface area (Å²) in [6.07, 6.45) is -2.48. The molecule has 0 unspecified atom stereocenters. The first kappa shape index (κ1) is 16.0. The van der Waals surface area contributed by atoms with Crippen LogP contribution in [0.3, 0.4) is 0 Å². The third-order valence-corrected chi connectivity index (χ3v) is 3.20. The summed E-state index contributed by atoms with van der Waals surface area (Å²) in [5.41, 5.74) is -0.620. The highest BCUT2D eigenvalue weighted by Crippen LogP contribution is 2.30. The maximum absolute atomic E-state index is 13.1. The second-order valence-electron chi connectivity index (χ2n) is 4.66. The fraction of sp³-hybridized carbons (Fsp3) is 0.571.